The molecule has 1 aromatic heterocycles. The number of carbonyl (C=O) groups excluding carboxylic acids is 2. The Labute approximate surface area is 167 Å². The zero-order valence-corrected chi connectivity index (χ0v) is 16.6. The van der Waals surface area contributed by atoms with Crippen LogP contribution >= 0.6 is 0 Å². The minimum absolute atomic E-state index is 0.109. The summed E-state index contributed by atoms with van der Waals surface area (Å²) in [5, 5.41) is 0. The van der Waals surface area contributed by atoms with Crippen molar-refractivity contribution in [2.75, 3.05) is 19.6 Å². The summed E-state index contributed by atoms with van der Waals surface area (Å²) >= 11 is 0. The Balaban J connectivity index is 1.61. The fourth-order valence-corrected chi connectivity index (χ4v) is 3.75. The standard InChI is InChI=1S/C23H29N3O2/c1-2-15-26(17-20-10-13-24-14-11-20)23(28)21-8-9-22(27)25(18-21)16-12-19-6-4-3-5-7-19/h3-7,10-11,13-14,21H,2,8-9,12,15-18H2,1H3/t21-/m0/s1. The number of aromatic nitrogens is 1. The molecule has 0 saturated carbocycles. The van der Waals surface area contributed by atoms with Gasteiger partial charge in [0.25, 0.3) is 0 Å². The van der Waals surface area contributed by atoms with E-state index in [-0.39, 0.29) is 17.7 Å². The number of nitrogens with zero attached hydrogens (tertiary/aromatic N) is 3. The van der Waals surface area contributed by atoms with Gasteiger partial charge in [0, 0.05) is 45.0 Å². The molecule has 1 fully saturated rings. The Bertz CT molecular complexity index is 764. The van der Waals surface area contributed by atoms with E-state index in [9.17, 15) is 9.59 Å². The minimum atomic E-state index is -0.109. The molecule has 5 heteroatoms. The summed E-state index contributed by atoms with van der Waals surface area (Å²) in [6, 6.07) is 14.1. The summed E-state index contributed by atoms with van der Waals surface area (Å²) in [6.07, 6.45) is 6.36. The lowest BCUT2D eigenvalue weighted by Gasteiger charge is -2.35. The maximum absolute atomic E-state index is 13.2. The molecule has 0 N–H and O–H groups in total. The fraction of sp³-hybridized carbons (Fsp3) is 0.435. The van der Waals surface area contributed by atoms with Crippen LogP contribution in [0.1, 0.15) is 37.3 Å². The normalized spacial score (nSPS) is 16.8. The summed E-state index contributed by atoms with van der Waals surface area (Å²) in [5.74, 6) is 0.217. The molecule has 0 unspecified atom stereocenters. The van der Waals surface area contributed by atoms with Crippen LogP contribution in [0, 0.1) is 5.92 Å². The molecule has 1 aliphatic heterocycles. The van der Waals surface area contributed by atoms with Gasteiger partial charge in [-0.3, -0.25) is 14.6 Å². The first-order valence-corrected chi connectivity index (χ1v) is 10.2. The van der Waals surface area contributed by atoms with Crippen molar-refractivity contribution in [2.24, 2.45) is 5.92 Å². The van der Waals surface area contributed by atoms with Crippen LogP contribution in [0.25, 0.3) is 0 Å². The van der Waals surface area contributed by atoms with E-state index in [0.717, 1.165) is 24.9 Å². The summed E-state index contributed by atoms with van der Waals surface area (Å²) in [7, 11) is 0. The molecule has 1 atom stereocenters. The number of pyridine rings is 1. The zero-order chi connectivity index (χ0) is 19.8. The Kier molecular flexibility index (Phi) is 7.18. The smallest absolute Gasteiger partial charge is 0.227 e. The third-order valence-electron chi connectivity index (χ3n) is 5.29. The highest BCUT2D eigenvalue weighted by molar-refractivity contribution is 5.84. The minimum Gasteiger partial charge on any atom is -0.342 e. The highest BCUT2D eigenvalue weighted by Gasteiger charge is 2.32. The molecule has 2 amide bonds. The number of carbonyl (C=O) groups is 2. The van der Waals surface area contributed by atoms with Crippen LogP contribution in [0.15, 0.2) is 54.9 Å². The van der Waals surface area contributed by atoms with Crippen molar-refractivity contribution in [1.29, 1.82) is 0 Å². The molecule has 0 radical (unpaired) electrons. The monoisotopic (exact) mass is 379 g/mol. The van der Waals surface area contributed by atoms with Gasteiger partial charge in [0.1, 0.15) is 0 Å². The quantitative estimate of drug-likeness (QED) is 0.707. The Hall–Kier alpha value is -2.69. The molecule has 0 bridgehead atoms. The number of benzene rings is 1. The van der Waals surface area contributed by atoms with E-state index >= 15 is 0 Å². The van der Waals surface area contributed by atoms with Gasteiger partial charge >= 0.3 is 0 Å². The van der Waals surface area contributed by atoms with Crippen molar-refractivity contribution >= 4 is 11.8 Å². The molecule has 1 saturated heterocycles. The van der Waals surface area contributed by atoms with Crippen LogP contribution in [0.3, 0.4) is 0 Å². The third-order valence-corrected chi connectivity index (χ3v) is 5.29. The van der Waals surface area contributed by atoms with Gasteiger partial charge in [-0.1, -0.05) is 37.3 Å². The molecule has 3 rings (SSSR count). The van der Waals surface area contributed by atoms with E-state index in [1.807, 2.05) is 40.1 Å². The van der Waals surface area contributed by atoms with Crippen LogP contribution in [-0.2, 0) is 22.6 Å². The molecular formula is C23H29N3O2. The van der Waals surface area contributed by atoms with Gasteiger partial charge in [-0.15, -0.1) is 0 Å². The lowest BCUT2D eigenvalue weighted by molar-refractivity contribution is -0.143. The number of piperidine rings is 1. The Morgan fingerprint density at radius 3 is 2.61 bits per heavy atom. The van der Waals surface area contributed by atoms with E-state index in [4.69, 9.17) is 0 Å². The van der Waals surface area contributed by atoms with Gasteiger partial charge in [0.05, 0.1) is 5.92 Å². The average Bonchev–Trinajstić information content (AvgIpc) is 2.74. The van der Waals surface area contributed by atoms with E-state index in [2.05, 4.69) is 24.0 Å². The van der Waals surface area contributed by atoms with Crippen molar-refractivity contribution in [3.8, 4) is 0 Å². The van der Waals surface area contributed by atoms with Crippen molar-refractivity contribution in [3.63, 3.8) is 0 Å². The molecule has 2 heterocycles. The second kappa shape index (κ2) is 10.0. The number of amides is 2. The maximum atomic E-state index is 13.2. The first kappa shape index (κ1) is 20.1. The van der Waals surface area contributed by atoms with Gasteiger partial charge in [0.2, 0.25) is 11.8 Å². The molecule has 28 heavy (non-hydrogen) atoms. The predicted octanol–water partition coefficient (Wildman–Crippen LogP) is 3.30. The molecule has 5 nitrogen and oxygen atoms in total. The molecule has 1 aromatic carbocycles. The summed E-state index contributed by atoms with van der Waals surface area (Å²) in [6.45, 7) is 4.62. The largest absolute Gasteiger partial charge is 0.342 e. The van der Waals surface area contributed by atoms with Crippen molar-refractivity contribution in [2.45, 2.75) is 39.2 Å². The molecule has 1 aliphatic rings. The number of hydrogen-bond acceptors (Lipinski definition) is 3. The number of hydrogen-bond donors (Lipinski definition) is 0. The second-order valence-corrected chi connectivity index (χ2v) is 7.43. The fourth-order valence-electron chi connectivity index (χ4n) is 3.75. The third kappa shape index (κ3) is 5.41. The van der Waals surface area contributed by atoms with Crippen LogP contribution in [0.5, 0.6) is 0 Å². The topological polar surface area (TPSA) is 53.5 Å². The van der Waals surface area contributed by atoms with E-state index < -0.39 is 0 Å². The van der Waals surface area contributed by atoms with Crippen molar-refractivity contribution in [3.05, 3.63) is 66.0 Å². The second-order valence-electron chi connectivity index (χ2n) is 7.43. The first-order chi connectivity index (χ1) is 13.7. The summed E-state index contributed by atoms with van der Waals surface area (Å²) < 4.78 is 0. The number of likely N-dealkylation sites (tertiary alicyclic amines) is 1. The Morgan fingerprint density at radius 2 is 1.89 bits per heavy atom. The SMILES string of the molecule is CCCN(Cc1ccncc1)C(=O)[C@H]1CCC(=O)N(CCc2ccccc2)C1. The van der Waals surface area contributed by atoms with Gasteiger partial charge < -0.3 is 9.80 Å². The highest BCUT2D eigenvalue weighted by atomic mass is 16.2. The Morgan fingerprint density at radius 1 is 1.14 bits per heavy atom. The van der Waals surface area contributed by atoms with Crippen molar-refractivity contribution < 1.29 is 9.59 Å². The molecule has 0 spiro atoms. The van der Waals surface area contributed by atoms with Gasteiger partial charge in [0.15, 0.2) is 0 Å². The van der Waals surface area contributed by atoms with E-state index in [0.29, 0.717) is 32.5 Å². The first-order valence-electron chi connectivity index (χ1n) is 10.2. The molecule has 2 aromatic rings. The van der Waals surface area contributed by atoms with Crippen LogP contribution in [0.2, 0.25) is 0 Å². The summed E-state index contributed by atoms with van der Waals surface area (Å²) in [5.41, 5.74) is 2.30. The average molecular weight is 380 g/mol. The van der Waals surface area contributed by atoms with E-state index in [1.54, 1.807) is 12.4 Å². The number of rotatable bonds is 8. The molecular weight excluding hydrogens is 350 g/mol. The lowest BCUT2D eigenvalue weighted by Crippen LogP contribution is -2.47. The zero-order valence-electron chi connectivity index (χ0n) is 16.6. The predicted molar refractivity (Wildman–Crippen MR) is 109 cm³/mol. The van der Waals surface area contributed by atoms with Crippen LogP contribution < -0.4 is 0 Å². The van der Waals surface area contributed by atoms with Gasteiger partial charge in [-0.05, 0) is 42.5 Å². The summed E-state index contributed by atoms with van der Waals surface area (Å²) in [4.78, 5) is 33.4. The highest BCUT2D eigenvalue weighted by Crippen LogP contribution is 2.21. The lowest BCUT2D eigenvalue weighted by atomic mass is 9.95. The van der Waals surface area contributed by atoms with Crippen LogP contribution in [-0.4, -0.2) is 46.2 Å². The molecule has 0 aliphatic carbocycles. The van der Waals surface area contributed by atoms with Gasteiger partial charge in [-0.2, -0.15) is 0 Å². The van der Waals surface area contributed by atoms with E-state index in [1.165, 1.54) is 5.56 Å². The molecule has 148 valence electrons. The van der Waals surface area contributed by atoms with Crippen molar-refractivity contribution in [1.82, 2.24) is 14.8 Å². The van der Waals surface area contributed by atoms with Gasteiger partial charge in [-0.25, -0.2) is 0 Å². The maximum Gasteiger partial charge on any atom is 0.227 e. The van der Waals surface area contributed by atoms with Crippen LogP contribution in [0.4, 0.5) is 0 Å².